The predicted octanol–water partition coefficient (Wildman–Crippen LogP) is 4.07. The maximum absolute atomic E-state index is 12.2. The molecule has 25 heavy (non-hydrogen) atoms. The Bertz CT molecular complexity index is 848. The van der Waals surface area contributed by atoms with Gasteiger partial charge in [0.1, 0.15) is 0 Å². The van der Waals surface area contributed by atoms with Crippen LogP contribution in [0.25, 0.3) is 0 Å². The summed E-state index contributed by atoms with van der Waals surface area (Å²) in [6.07, 6.45) is 4.30. The van der Waals surface area contributed by atoms with Crippen molar-refractivity contribution in [1.29, 1.82) is 0 Å². The third-order valence-electron chi connectivity index (χ3n) is 3.55. The summed E-state index contributed by atoms with van der Waals surface area (Å²) < 4.78 is 5.37. The zero-order chi connectivity index (χ0) is 18.6. The molecule has 0 aliphatic carbocycles. The molecule has 0 unspecified atom stereocenters. The summed E-state index contributed by atoms with van der Waals surface area (Å²) in [6, 6.07) is 3.55. The number of carbonyl (C=O) groups is 1. The fourth-order valence-corrected chi connectivity index (χ4v) is 1.96. The number of aromatic nitrogens is 2. The van der Waals surface area contributed by atoms with E-state index < -0.39 is 6.09 Å². The number of pyridine rings is 2. The average Bonchev–Trinajstić information content (AvgIpc) is 2.53. The Balaban J connectivity index is 2.15. The van der Waals surface area contributed by atoms with Crippen molar-refractivity contribution < 1.29 is 9.53 Å². The average molecular weight is 358 g/mol. The first-order valence-corrected chi connectivity index (χ1v) is 8.09. The van der Waals surface area contributed by atoms with E-state index in [1.807, 2.05) is 33.8 Å². The third kappa shape index (κ3) is 5.20. The van der Waals surface area contributed by atoms with E-state index in [0.717, 1.165) is 5.56 Å². The van der Waals surface area contributed by atoms with Crippen LogP contribution in [0.4, 0.5) is 4.79 Å². The second-order valence-corrected chi connectivity index (χ2v) is 7.02. The highest BCUT2D eigenvalue weighted by Crippen LogP contribution is 2.18. The summed E-state index contributed by atoms with van der Waals surface area (Å²) in [6.45, 7) is 7.60. The lowest BCUT2D eigenvalue weighted by Gasteiger charge is -2.30. The maximum Gasteiger partial charge on any atom is 0.416 e. The molecule has 6 heteroatoms. The van der Waals surface area contributed by atoms with Crippen molar-refractivity contribution in [2.75, 3.05) is 7.05 Å². The quantitative estimate of drug-likeness (QED) is 0.722. The van der Waals surface area contributed by atoms with Crippen molar-refractivity contribution in [1.82, 2.24) is 14.9 Å². The van der Waals surface area contributed by atoms with Gasteiger partial charge in [-0.3, -0.25) is 4.98 Å². The third-order valence-corrected chi connectivity index (χ3v) is 3.76. The van der Waals surface area contributed by atoms with Gasteiger partial charge in [0, 0.05) is 47.9 Å². The van der Waals surface area contributed by atoms with Crippen LogP contribution in [0.3, 0.4) is 0 Å². The van der Waals surface area contributed by atoms with Gasteiger partial charge in [-0.2, -0.15) is 0 Å². The number of nitrogens with zero attached hydrogens (tertiary/aromatic N) is 3. The lowest BCUT2D eigenvalue weighted by molar-refractivity contribution is 0.122. The van der Waals surface area contributed by atoms with Gasteiger partial charge in [0.15, 0.2) is 0 Å². The zero-order valence-corrected chi connectivity index (χ0v) is 15.7. The molecule has 0 aromatic carbocycles. The minimum absolute atomic E-state index is 0.274. The summed E-state index contributed by atoms with van der Waals surface area (Å²) >= 11 is 5.88. The molecule has 0 bridgehead atoms. The van der Waals surface area contributed by atoms with Crippen LogP contribution >= 0.6 is 11.6 Å². The van der Waals surface area contributed by atoms with Crippen LogP contribution in [0.15, 0.2) is 30.7 Å². The normalized spacial score (nSPS) is 10.6. The van der Waals surface area contributed by atoms with Crippen molar-refractivity contribution in [3.8, 4) is 17.7 Å². The van der Waals surface area contributed by atoms with Crippen LogP contribution in [-0.2, 0) is 0 Å². The summed E-state index contributed by atoms with van der Waals surface area (Å²) in [4.78, 5) is 21.9. The second-order valence-electron chi connectivity index (χ2n) is 6.59. The SMILES string of the molecule is Cc1cc(C#Cc2cncc(Cl)c2)cnc1OC(=O)N(C)C(C)(C)C. The molecule has 5 nitrogen and oxygen atoms in total. The van der Waals surface area contributed by atoms with Gasteiger partial charge in [-0.15, -0.1) is 0 Å². The first-order valence-electron chi connectivity index (χ1n) is 7.71. The minimum atomic E-state index is -0.452. The molecule has 130 valence electrons. The summed E-state index contributed by atoms with van der Waals surface area (Å²) in [5.41, 5.74) is 1.82. The van der Waals surface area contributed by atoms with Crippen LogP contribution in [0.2, 0.25) is 5.02 Å². The molecule has 0 aliphatic rings. The van der Waals surface area contributed by atoms with E-state index in [2.05, 4.69) is 21.8 Å². The van der Waals surface area contributed by atoms with E-state index in [4.69, 9.17) is 16.3 Å². The van der Waals surface area contributed by atoms with Gasteiger partial charge >= 0.3 is 6.09 Å². The lowest BCUT2D eigenvalue weighted by Crippen LogP contribution is -2.44. The number of carbonyl (C=O) groups excluding carboxylic acids is 1. The molecular weight excluding hydrogens is 338 g/mol. The molecule has 0 saturated carbocycles. The molecule has 0 N–H and O–H groups in total. The van der Waals surface area contributed by atoms with Gasteiger partial charge in [-0.1, -0.05) is 23.4 Å². The molecule has 2 aromatic heterocycles. The van der Waals surface area contributed by atoms with Gasteiger partial charge in [-0.25, -0.2) is 9.78 Å². The number of hydrogen-bond donors (Lipinski definition) is 0. The van der Waals surface area contributed by atoms with E-state index in [1.165, 1.54) is 4.90 Å². The Kier molecular flexibility index (Phi) is 5.66. The van der Waals surface area contributed by atoms with Crippen molar-refractivity contribution in [2.24, 2.45) is 0 Å². The maximum atomic E-state index is 12.2. The highest BCUT2D eigenvalue weighted by Gasteiger charge is 2.24. The molecular formula is C19H20ClN3O2. The number of hydrogen-bond acceptors (Lipinski definition) is 4. The molecule has 1 amide bonds. The monoisotopic (exact) mass is 357 g/mol. The van der Waals surface area contributed by atoms with E-state index in [1.54, 1.807) is 31.7 Å². The van der Waals surface area contributed by atoms with Crippen molar-refractivity contribution in [3.05, 3.63) is 52.4 Å². The van der Waals surface area contributed by atoms with Gasteiger partial charge in [0.05, 0.1) is 5.02 Å². The fourth-order valence-electron chi connectivity index (χ4n) is 1.79. The number of amides is 1. The van der Waals surface area contributed by atoms with Gasteiger partial charge < -0.3 is 9.64 Å². The Morgan fingerprint density at radius 3 is 2.36 bits per heavy atom. The fraction of sp³-hybridized carbons (Fsp3) is 0.316. The second kappa shape index (κ2) is 7.54. The van der Waals surface area contributed by atoms with Crippen molar-refractivity contribution in [2.45, 2.75) is 33.2 Å². The number of rotatable bonds is 1. The summed E-state index contributed by atoms with van der Waals surface area (Å²) in [5.74, 6) is 6.24. The van der Waals surface area contributed by atoms with Gasteiger partial charge in [0.25, 0.3) is 0 Å². The van der Waals surface area contributed by atoms with Crippen LogP contribution in [0.5, 0.6) is 5.88 Å². The van der Waals surface area contributed by atoms with Gasteiger partial charge in [0.2, 0.25) is 5.88 Å². The minimum Gasteiger partial charge on any atom is -0.391 e. The van der Waals surface area contributed by atoms with Crippen LogP contribution in [0, 0.1) is 18.8 Å². The largest absolute Gasteiger partial charge is 0.416 e. The van der Waals surface area contributed by atoms with E-state index in [-0.39, 0.29) is 11.4 Å². The standard InChI is InChI=1S/C19H20ClN3O2/c1-13-8-14(6-7-15-9-16(20)12-21-10-15)11-22-17(13)25-18(24)23(5)19(2,3)4/h8-12H,1-5H3. The first-order chi connectivity index (χ1) is 11.7. The predicted molar refractivity (Wildman–Crippen MR) is 97.7 cm³/mol. The molecule has 2 heterocycles. The molecule has 2 aromatic rings. The highest BCUT2D eigenvalue weighted by atomic mass is 35.5. The van der Waals surface area contributed by atoms with E-state index >= 15 is 0 Å². The molecule has 0 saturated heterocycles. The zero-order valence-electron chi connectivity index (χ0n) is 14.9. The summed E-state index contributed by atoms with van der Waals surface area (Å²) in [5, 5.41) is 0.534. The molecule has 2 rings (SSSR count). The molecule has 0 aliphatic heterocycles. The van der Waals surface area contributed by atoms with Gasteiger partial charge in [-0.05, 0) is 39.8 Å². The number of ether oxygens (including phenoxy) is 1. The van der Waals surface area contributed by atoms with E-state index in [9.17, 15) is 4.79 Å². The smallest absolute Gasteiger partial charge is 0.391 e. The van der Waals surface area contributed by atoms with Crippen LogP contribution < -0.4 is 4.74 Å². The molecule has 0 radical (unpaired) electrons. The Hall–Kier alpha value is -2.58. The molecule has 0 spiro atoms. The lowest BCUT2D eigenvalue weighted by atomic mass is 10.1. The topological polar surface area (TPSA) is 55.3 Å². The summed E-state index contributed by atoms with van der Waals surface area (Å²) in [7, 11) is 1.69. The van der Waals surface area contributed by atoms with Crippen molar-refractivity contribution >= 4 is 17.7 Å². The highest BCUT2D eigenvalue weighted by molar-refractivity contribution is 6.30. The van der Waals surface area contributed by atoms with Crippen molar-refractivity contribution in [3.63, 3.8) is 0 Å². The van der Waals surface area contributed by atoms with Crippen LogP contribution in [0.1, 0.15) is 37.5 Å². The number of halogens is 1. The Morgan fingerprint density at radius 2 is 1.80 bits per heavy atom. The molecule has 0 fully saturated rings. The van der Waals surface area contributed by atoms with Crippen LogP contribution in [-0.4, -0.2) is 33.5 Å². The Labute approximate surface area is 153 Å². The molecule has 0 atom stereocenters. The van der Waals surface area contributed by atoms with E-state index in [0.29, 0.717) is 16.1 Å². The Morgan fingerprint density at radius 1 is 1.16 bits per heavy atom. The number of aryl methyl sites for hydroxylation is 1. The first kappa shape index (κ1) is 18.8.